The number of benzene rings is 1. The van der Waals surface area contributed by atoms with Crippen molar-refractivity contribution in [2.24, 2.45) is 0 Å². The number of hydrogen-bond donors (Lipinski definition) is 1. The number of nitro benzene ring substituents is 1. The van der Waals surface area contributed by atoms with Gasteiger partial charge in [0.25, 0.3) is 5.69 Å². The van der Waals surface area contributed by atoms with Crippen LogP contribution < -0.4 is 5.32 Å². The molecule has 0 bridgehead atoms. The summed E-state index contributed by atoms with van der Waals surface area (Å²) in [4.78, 5) is 10.5. The molecule has 1 atom stereocenters. The molecule has 21 heavy (non-hydrogen) atoms. The topological polar surface area (TPSA) is 89.3 Å². The Kier molecular flexibility index (Phi) is 6.47. The Hall–Kier alpha value is -1.28. The summed E-state index contributed by atoms with van der Waals surface area (Å²) in [6, 6.07) is 4.02. The SMILES string of the molecule is CCSCCC(C)Nc1ccc(S(C)(=O)=O)cc1[N+](=O)[O-]. The molecule has 6 nitrogen and oxygen atoms in total. The second-order valence-electron chi connectivity index (χ2n) is 4.74. The van der Waals surface area contributed by atoms with Gasteiger partial charge < -0.3 is 5.32 Å². The van der Waals surface area contributed by atoms with Crippen LogP contribution in [0.1, 0.15) is 20.3 Å². The third kappa shape index (κ3) is 5.55. The molecule has 0 radical (unpaired) electrons. The predicted octanol–water partition coefficient (Wildman–Crippen LogP) is 2.94. The molecule has 0 aromatic heterocycles. The Morgan fingerprint density at radius 2 is 2.10 bits per heavy atom. The number of nitro groups is 1. The van der Waals surface area contributed by atoms with Crippen molar-refractivity contribution < 1.29 is 13.3 Å². The maximum absolute atomic E-state index is 11.5. The summed E-state index contributed by atoms with van der Waals surface area (Å²) in [7, 11) is -3.46. The minimum absolute atomic E-state index is 0.0473. The molecule has 0 amide bonds. The van der Waals surface area contributed by atoms with Crippen LogP contribution in [0.4, 0.5) is 11.4 Å². The summed E-state index contributed by atoms with van der Waals surface area (Å²) in [5.41, 5.74) is 0.134. The summed E-state index contributed by atoms with van der Waals surface area (Å²) in [6.07, 6.45) is 1.91. The van der Waals surface area contributed by atoms with Gasteiger partial charge in [0.1, 0.15) is 5.69 Å². The van der Waals surface area contributed by atoms with E-state index in [1.165, 1.54) is 12.1 Å². The quantitative estimate of drug-likeness (QED) is 0.447. The lowest BCUT2D eigenvalue weighted by atomic mass is 10.2. The molecule has 8 heteroatoms. The van der Waals surface area contributed by atoms with Gasteiger partial charge in [-0.2, -0.15) is 11.8 Å². The molecule has 1 unspecified atom stereocenters. The standard InChI is InChI=1S/C13H20N2O4S2/c1-4-20-8-7-10(2)14-12-6-5-11(21(3,18)19)9-13(12)15(16)17/h5-6,9-10,14H,4,7-8H2,1-3H3. The first-order valence-corrected chi connectivity index (χ1v) is 9.63. The van der Waals surface area contributed by atoms with Crippen LogP contribution in [0.5, 0.6) is 0 Å². The van der Waals surface area contributed by atoms with Gasteiger partial charge in [-0.1, -0.05) is 6.92 Å². The smallest absolute Gasteiger partial charge is 0.293 e. The fourth-order valence-electron chi connectivity index (χ4n) is 1.76. The van der Waals surface area contributed by atoms with Gasteiger partial charge in [-0.25, -0.2) is 8.42 Å². The molecule has 0 heterocycles. The third-order valence-electron chi connectivity index (χ3n) is 2.90. The van der Waals surface area contributed by atoms with Crippen molar-refractivity contribution in [2.45, 2.75) is 31.2 Å². The van der Waals surface area contributed by atoms with Crippen LogP contribution >= 0.6 is 11.8 Å². The summed E-state index contributed by atoms with van der Waals surface area (Å²) < 4.78 is 22.9. The van der Waals surface area contributed by atoms with Crippen LogP contribution in [0.3, 0.4) is 0 Å². The first-order valence-electron chi connectivity index (χ1n) is 6.58. The van der Waals surface area contributed by atoms with Crippen LogP contribution in [0, 0.1) is 10.1 Å². The minimum Gasteiger partial charge on any atom is -0.377 e. The summed E-state index contributed by atoms with van der Waals surface area (Å²) in [6.45, 7) is 4.03. The molecule has 1 aromatic rings. The van der Waals surface area contributed by atoms with E-state index in [-0.39, 0.29) is 16.6 Å². The number of nitrogens with one attached hydrogen (secondary N) is 1. The number of nitrogens with zero attached hydrogens (tertiary/aromatic N) is 1. The van der Waals surface area contributed by atoms with E-state index in [1.54, 1.807) is 0 Å². The predicted molar refractivity (Wildman–Crippen MR) is 86.9 cm³/mol. The van der Waals surface area contributed by atoms with E-state index in [9.17, 15) is 18.5 Å². The van der Waals surface area contributed by atoms with Crippen molar-refractivity contribution >= 4 is 33.0 Å². The van der Waals surface area contributed by atoms with Gasteiger partial charge in [0.15, 0.2) is 9.84 Å². The molecule has 0 aliphatic rings. The third-order valence-corrected chi connectivity index (χ3v) is 4.94. The summed E-state index contributed by atoms with van der Waals surface area (Å²) in [5, 5.41) is 14.2. The highest BCUT2D eigenvalue weighted by Crippen LogP contribution is 2.28. The van der Waals surface area contributed by atoms with Crippen molar-refractivity contribution in [2.75, 3.05) is 23.1 Å². The molecule has 0 fully saturated rings. The molecule has 1 N–H and O–H groups in total. The molecule has 1 aromatic carbocycles. The van der Waals surface area contributed by atoms with E-state index in [1.807, 2.05) is 18.7 Å². The summed E-state index contributed by atoms with van der Waals surface area (Å²) in [5.74, 6) is 2.01. The van der Waals surface area contributed by atoms with E-state index >= 15 is 0 Å². The first-order chi connectivity index (χ1) is 9.75. The molecular weight excluding hydrogens is 312 g/mol. The Labute approximate surface area is 129 Å². The van der Waals surface area contributed by atoms with E-state index in [0.717, 1.165) is 30.2 Å². The molecule has 0 spiro atoms. The number of anilines is 1. The van der Waals surface area contributed by atoms with Gasteiger partial charge in [0, 0.05) is 18.4 Å². The molecule has 0 aliphatic carbocycles. The van der Waals surface area contributed by atoms with Gasteiger partial charge in [-0.05, 0) is 37.0 Å². The van der Waals surface area contributed by atoms with Crippen molar-refractivity contribution in [3.05, 3.63) is 28.3 Å². The Balaban J connectivity index is 2.94. The van der Waals surface area contributed by atoms with E-state index < -0.39 is 14.8 Å². The van der Waals surface area contributed by atoms with Crippen molar-refractivity contribution in [1.29, 1.82) is 0 Å². The monoisotopic (exact) mass is 332 g/mol. The molecule has 0 aliphatic heterocycles. The molecule has 0 saturated carbocycles. The lowest BCUT2D eigenvalue weighted by Gasteiger charge is -2.15. The lowest BCUT2D eigenvalue weighted by Crippen LogP contribution is -2.17. The highest BCUT2D eigenvalue weighted by molar-refractivity contribution is 7.99. The minimum atomic E-state index is -3.46. The van der Waals surface area contributed by atoms with Gasteiger partial charge in [-0.15, -0.1) is 0 Å². The maximum atomic E-state index is 11.5. The van der Waals surface area contributed by atoms with Crippen molar-refractivity contribution in [3.8, 4) is 0 Å². The number of thioether (sulfide) groups is 1. The average Bonchev–Trinajstić information content (AvgIpc) is 2.37. The zero-order valence-corrected chi connectivity index (χ0v) is 14.0. The second-order valence-corrected chi connectivity index (χ2v) is 8.15. The zero-order valence-electron chi connectivity index (χ0n) is 12.3. The van der Waals surface area contributed by atoms with Crippen LogP contribution in [0.15, 0.2) is 23.1 Å². The van der Waals surface area contributed by atoms with E-state index in [2.05, 4.69) is 12.2 Å². The van der Waals surface area contributed by atoms with Gasteiger partial charge in [0.05, 0.1) is 9.82 Å². The van der Waals surface area contributed by atoms with Crippen molar-refractivity contribution in [1.82, 2.24) is 0 Å². The fourth-order valence-corrected chi connectivity index (χ4v) is 3.21. The first kappa shape index (κ1) is 17.8. The van der Waals surface area contributed by atoms with Gasteiger partial charge in [-0.3, -0.25) is 10.1 Å². The molecule has 1 rings (SSSR count). The average molecular weight is 332 g/mol. The van der Waals surface area contributed by atoms with E-state index in [0.29, 0.717) is 5.69 Å². The van der Waals surface area contributed by atoms with E-state index in [4.69, 9.17) is 0 Å². The Morgan fingerprint density at radius 3 is 2.62 bits per heavy atom. The Bertz CT molecular complexity index is 602. The molecular formula is C13H20N2O4S2. The number of sulfone groups is 1. The largest absolute Gasteiger partial charge is 0.377 e. The van der Waals surface area contributed by atoms with Crippen molar-refractivity contribution in [3.63, 3.8) is 0 Å². The molecule has 0 saturated heterocycles. The fraction of sp³-hybridized carbons (Fsp3) is 0.538. The highest BCUT2D eigenvalue weighted by atomic mass is 32.2. The molecule has 118 valence electrons. The number of hydrogen-bond acceptors (Lipinski definition) is 6. The summed E-state index contributed by atoms with van der Waals surface area (Å²) >= 11 is 1.81. The number of rotatable bonds is 8. The second kappa shape index (κ2) is 7.65. The highest BCUT2D eigenvalue weighted by Gasteiger charge is 2.19. The van der Waals surface area contributed by atoms with Gasteiger partial charge in [0.2, 0.25) is 0 Å². The van der Waals surface area contributed by atoms with Crippen LogP contribution in [-0.4, -0.2) is 37.1 Å². The Morgan fingerprint density at radius 1 is 1.43 bits per heavy atom. The van der Waals surface area contributed by atoms with Crippen LogP contribution in [0.2, 0.25) is 0 Å². The van der Waals surface area contributed by atoms with Gasteiger partial charge >= 0.3 is 0 Å². The zero-order chi connectivity index (χ0) is 16.0. The van der Waals surface area contributed by atoms with Crippen LogP contribution in [-0.2, 0) is 9.84 Å². The normalized spacial score (nSPS) is 12.9. The van der Waals surface area contributed by atoms with Crippen LogP contribution in [0.25, 0.3) is 0 Å². The lowest BCUT2D eigenvalue weighted by molar-refractivity contribution is -0.384. The maximum Gasteiger partial charge on any atom is 0.293 e.